The Morgan fingerprint density at radius 1 is 1.00 bits per heavy atom. The molecule has 15 nitrogen and oxygen atoms in total. The lowest BCUT2D eigenvalue weighted by Gasteiger charge is -2.39. The molecule has 3 heterocycles. The van der Waals surface area contributed by atoms with Gasteiger partial charge in [-0.05, 0) is 74.6 Å². The van der Waals surface area contributed by atoms with Crippen molar-refractivity contribution in [1.82, 2.24) is 29.3 Å². The van der Waals surface area contributed by atoms with Gasteiger partial charge in [-0.2, -0.15) is 15.3 Å². The topological polar surface area (TPSA) is 162 Å². The van der Waals surface area contributed by atoms with Crippen LogP contribution in [0.25, 0.3) is 11.0 Å². The van der Waals surface area contributed by atoms with Crippen molar-refractivity contribution in [2.75, 3.05) is 41.5 Å². The lowest BCUT2D eigenvalue weighted by molar-refractivity contribution is -0.0931. The molecule has 5 aromatic rings. The third-order valence-corrected chi connectivity index (χ3v) is 12.2. The molecule has 1 unspecified atom stereocenters. The van der Waals surface area contributed by atoms with Gasteiger partial charge in [0.15, 0.2) is 11.9 Å². The molecule has 2 aromatic heterocycles. The van der Waals surface area contributed by atoms with E-state index < -0.39 is 38.1 Å². The minimum Gasteiger partial charge on any atom is -0.497 e. The number of aromatic amines is 1. The highest BCUT2D eigenvalue weighted by Gasteiger charge is 2.45. The lowest BCUT2D eigenvalue weighted by Crippen LogP contribution is -2.39. The molecule has 1 aliphatic heterocycles. The molecule has 0 bridgehead atoms. The van der Waals surface area contributed by atoms with E-state index in [0.717, 1.165) is 16.7 Å². The number of nitrogens with zero attached hydrogens (tertiary/aromatic N) is 7. The summed E-state index contributed by atoms with van der Waals surface area (Å²) >= 11 is 0. The van der Waals surface area contributed by atoms with Crippen molar-refractivity contribution in [3.05, 3.63) is 112 Å². The maximum Gasteiger partial charge on any atom is 0.264 e. The van der Waals surface area contributed by atoms with Gasteiger partial charge in [-0.15, -0.1) is 6.42 Å². The van der Waals surface area contributed by atoms with Gasteiger partial charge in [0, 0.05) is 32.6 Å². The van der Waals surface area contributed by atoms with E-state index >= 15 is 0 Å². The van der Waals surface area contributed by atoms with E-state index in [4.69, 9.17) is 34.4 Å². The Balaban J connectivity index is 1.48. The zero-order chi connectivity index (χ0) is 43.7. The predicted octanol–water partition coefficient (Wildman–Crippen LogP) is 7.30. The quantitative estimate of drug-likeness (QED) is 0.0221. The zero-order valence-electron chi connectivity index (χ0n) is 35.8. The van der Waals surface area contributed by atoms with Crippen LogP contribution in [-0.2, 0) is 24.1 Å². The van der Waals surface area contributed by atoms with Crippen molar-refractivity contribution >= 4 is 31.8 Å². The number of benzene rings is 3. The Morgan fingerprint density at radius 3 is 2.15 bits per heavy atom. The van der Waals surface area contributed by atoms with Gasteiger partial charge in [0.05, 0.1) is 52.4 Å². The molecule has 320 valence electrons. The molecule has 0 saturated carbocycles. The zero-order valence-corrected chi connectivity index (χ0v) is 36.7. The fraction of sp³-hybridized carbons (Fsp3) is 0.400. The van der Waals surface area contributed by atoms with Crippen LogP contribution in [0.1, 0.15) is 69.1 Å². The second-order valence-electron chi connectivity index (χ2n) is 15.1. The summed E-state index contributed by atoms with van der Waals surface area (Å²) in [6, 6.07) is 27.8. The van der Waals surface area contributed by atoms with Crippen LogP contribution in [-0.4, -0.2) is 101 Å². The highest BCUT2D eigenvalue weighted by molar-refractivity contribution is 7.44. The molecular formula is C45H53N8O7P. The fourth-order valence-corrected chi connectivity index (χ4v) is 9.13. The van der Waals surface area contributed by atoms with E-state index in [0.29, 0.717) is 11.5 Å². The first-order valence-electron chi connectivity index (χ1n) is 20.0. The minimum absolute atomic E-state index is 0.0203. The van der Waals surface area contributed by atoms with Gasteiger partial charge < -0.3 is 32.9 Å². The molecular weight excluding hydrogens is 796 g/mol. The number of methoxy groups -OCH3 is 2. The maximum atomic E-state index is 13.5. The van der Waals surface area contributed by atoms with Crippen LogP contribution in [0.5, 0.6) is 11.5 Å². The Morgan fingerprint density at radius 2 is 1.61 bits per heavy atom. The van der Waals surface area contributed by atoms with E-state index in [1.54, 1.807) is 19.1 Å². The van der Waals surface area contributed by atoms with Crippen molar-refractivity contribution in [2.45, 2.75) is 76.7 Å². The molecule has 6 rings (SSSR count). The molecule has 61 heavy (non-hydrogen) atoms. The van der Waals surface area contributed by atoms with Gasteiger partial charge in [0.1, 0.15) is 34.3 Å². The number of H-pyrrole nitrogens is 1. The van der Waals surface area contributed by atoms with Crippen molar-refractivity contribution in [3.63, 3.8) is 0 Å². The predicted molar refractivity (Wildman–Crippen MR) is 235 cm³/mol. The Hall–Kier alpha value is -5.64. The Kier molecular flexibility index (Phi) is 14.9. The van der Waals surface area contributed by atoms with Crippen LogP contribution < -0.4 is 15.0 Å². The summed E-state index contributed by atoms with van der Waals surface area (Å²) < 4.78 is 42.5. The van der Waals surface area contributed by atoms with Gasteiger partial charge in [-0.3, -0.25) is 9.78 Å². The summed E-state index contributed by atoms with van der Waals surface area (Å²) in [6.07, 6.45) is 5.73. The van der Waals surface area contributed by atoms with Crippen LogP contribution in [0, 0.1) is 23.7 Å². The van der Waals surface area contributed by atoms with Crippen molar-refractivity contribution in [3.8, 4) is 29.9 Å². The number of hydrogen-bond acceptors (Lipinski definition) is 12. The molecule has 4 atom stereocenters. The number of hydrogen-bond donors (Lipinski definition) is 1. The molecule has 0 radical (unpaired) electrons. The average molecular weight is 849 g/mol. The Bertz CT molecular complexity index is 2330. The van der Waals surface area contributed by atoms with Gasteiger partial charge in [-0.25, -0.2) is 14.3 Å². The number of nitrogens with one attached hydrogen (secondary N) is 1. The molecule has 1 fully saturated rings. The number of fused-ring (bicyclic) bond motifs is 1. The van der Waals surface area contributed by atoms with Gasteiger partial charge >= 0.3 is 0 Å². The summed E-state index contributed by atoms with van der Waals surface area (Å²) in [5, 5.41) is 14.3. The highest BCUT2D eigenvalue weighted by Crippen LogP contribution is 2.51. The standard InChI is InChI=1S/C45H53N8O7P/c1-10-37-41-42(48-44(49-43(41)54)47-29-51(6)7)52(50-37)40-27-38(60-61(58-26-14-25-46)53(30(2)3)31(4)5)39(59-40)28-57-45(32-15-12-11-13-16-32,33-17-21-35(55-8)22-18-33)34-19-23-36(56-9)24-20-34/h1,11-13,15-24,29-31,38-40H,14,26-28H2,2-9H3,(H,48,49,54)/b47-29+/t38-,39+,40+,61?/m0/s1. The highest BCUT2D eigenvalue weighted by atomic mass is 31.2. The third kappa shape index (κ3) is 9.95. The van der Waals surface area contributed by atoms with E-state index in [-0.39, 0.29) is 60.8 Å². The number of aromatic nitrogens is 4. The number of terminal acetylenes is 1. The first-order chi connectivity index (χ1) is 29.4. The number of ether oxygens (including phenoxy) is 4. The normalized spacial score (nSPS) is 17.3. The lowest BCUT2D eigenvalue weighted by atomic mass is 9.80. The van der Waals surface area contributed by atoms with E-state index in [1.807, 2.05) is 93.0 Å². The van der Waals surface area contributed by atoms with Gasteiger partial charge in [0.2, 0.25) is 5.95 Å². The van der Waals surface area contributed by atoms with E-state index in [9.17, 15) is 10.1 Å². The SMILES string of the molecule is C#Cc1nn([C@H]2C[C@H](OP(OCCC#N)N(C(C)C)C(C)C)[C@@H](COC(c3ccccc3)(c3ccc(OC)cc3)c3ccc(OC)cc3)O2)c2nc(/N=C/N(C)C)[nH]c(=O)c12. The molecule has 1 aliphatic rings. The number of rotatable bonds is 19. The van der Waals surface area contributed by atoms with Crippen molar-refractivity contribution in [1.29, 1.82) is 5.26 Å². The average Bonchev–Trinajstić information content (AvgIpc) is 3.84. The summed E-state index contributed by atoms with van der Waals surface area (Å²) in [4.78, 5) is 26.9. The van der Waals surface area contributed by atoms with Crippen molar-refractivity contribution in [2.24, 2.45) is 4.99 Å². The molecule has 0 spiro atoms. The molecule has 0 aliphatic carbocycles. The molecule has 1 saturated heterocycles. The van der Waals surface area contributed by atoms with Crippen molar-refractivity contribution < 1.29 is 28.0 Å². The largest absolute Gasteiger partial charge is 0.497 e. The summed E-state index contributed by atoms with van der Waals surface area (Å²) in [5.41, 5.74) is 1.24. The minimum atomic E-state index is -1.71. The number of nitriles is 1. The maximum absolute atomic E-state index is 13.5. The first-order valence-corrected chi connectivity index (χ1v) is 21.2. The van der Waals surface area contributed by atoms with Crippen LogP contribution in [0.4, 0.5) is 5.95 Å². The summed E-state index contributed by atoms with van der Waals surface area (Å²) in [6.45, 7) is 8.52. The van der Waals surface area contributed by atoms with Gasteiger partial charge in [0.25, 0.3) is 14.1 Å². The smallest absolute Gasteiger partial charge is 0.264 e. The van der Waals surface area contributed by atoms with Crippen LogP contribution in [0.2, 0.25) is 0 Å². The van der Waals surface area contributed by atoms with Crippen LogP contribution >= 0.6 is 8.53 Å². The van der Waals surface area contributed by atoms with E-state index in [1.165, 1.54) is 11.0 Å². The monoisotopic (exact) mass is 848 g/mol. The second-order valence-corrected chi connectivity index (χ2v) is 16.5. The molecule has 1 N–H and O–H groups in total. The first kappa shape index (κ1) is 44.9. The second kappa shape index (κ2) is 20.3. The fourth-order valence-electron chi connectivity index (χ4n) is 7.37. The number of aliphatic imine (C=N–C) groups is 1. The molecule has 0 amide bonds. The molecule has 16 heteroatoms. The Labute approximate surface area is 358 Å². The summed E-state index contributed by atoms with van der Waals surface area (Å²) in [5.74, 6) is 4.01. The third-order valence-electron chi connectivity index (χ3n) is 10.1. The van der Waals surface area contributed by atoms with Crippen LogP contribution in [0.3, 0.4) is 0 Å². The van der Waals surface area contributed by atoms with E-state index in [2.05, 4.69) is 64.4 Å². The van der Waals surface area contributed by atoms with Crippen LogP contribution in [0.15, 0.2) is 88.6 Å². The van der Waals surface area contributed by atoms with Gasteiger partial charge in [-0.1, -0.05) is 54.6 Å². The molecule has 3 aromatic carbocycles. The summed E-state index contributed by atoms with van der Waals surface area (Å²) in [7, 11) is 5.16.